The number of nitrogens with two attached hydrogens (primary N) is 1. The molecule has 2 atom stereocenters. The molecule has 3 heteroatoms. The molecule has 2 rings (SSSR count). The van der Waals surface area contributed by atoms with Crippen LogP contribution in [0.25, 0.3) is 0 Å². The lowest BCUT2D eigenvalue weighted by atomic mass is 9.75. The lowest BCUT2D eigenvalue weighted by Gasteiger charge is -2.47. The van der Waals surface area contributed by atoms with Crippen molar-refractivity contribution >= 4 is 0 Å². The molecule has 2 unspecified atom stereocenters. The second kappa shape index (κ2) is 5.89. The SMILES string of the molecule is CCN(Cc1ccco1)C1(CN)CCCC(C)C1. The highest BCUT2D eigenvalue weighted by Crippen LogP contribution is 2.36. The van der Waals surface area contributed by atoms with Crippen LogP contribution in [0.3, 0.4) is 0 Å². The molecule has 3 nitrogen and oxygen atoms in total. The predicted molar refractivity (Wildman–Crippen MR) is 74.2 cm³/mol. The zero-order valence-electron chi connectivity index (χ0n) is 11.7. The zero-order chi connectivity index (χ0) is 13.0. The third-order valence-electron chi connectivity index (χ3n) is 4.43. The van der Waals surface area contributed by atoms with E-state index in [9.17, 15) is 0 Å². The Balaban J connectivity index is 2.12. The summed E-state index contributed by atoms with van der Waals surface area (Å²) in [4.78, 5) is 2.52. The number of hydrogen-bond acceptors (Lipinski definition) is 3. The summed E-state index contributed by atoms with van der Waals surface area (Å²) >= 11 is 0. The zero-order valence-corrected chi connectivity index (χ0v) is 11.7. The summed E-state index contributed by atoms with van der Waals surface area (Å²) in [6.45, 7) is 7.24. The Bertz CT molecular complexity index is 349. The van der Waals surface area contributed by atoms with E-state index < -0.39 is 0 Å². The molecule has 0 spiro atoms. The molecular weight excluding hydrogens is 224 g/mol. The normalized spacial score (nSPS) is 28.8. The highest BCUT2D eigenvalue weighted by Gasteiger charge is 2.38. The van der Waals surface area contributed by atoms with E-state index in [0.29, 0.717) is 0 Å². The number of furan rings is 1. The van der Waals surface area contributed by atoms with Gasteiger partial charge in [-0.15, -0.1) is 0 Å². The molecule has 0 aromatic carbocycles. The fourth-order valence-corrected chi connectivity index (χ4v) is 3.44. The minimum Gasteiger partial charge on any atom is -0.468 e. The van der Waals surface area contributed by atoms with Gasteiger partial charge >= 0.3 is 0 Å². The smallest absolute Gasteiger partial charge is 0.117 e. The van der Waals surface area contributed by atoms with E-state index in [-0.39, 0.29) is 5.54 Å². The first-order valence-corrected chi connectivity index (χ1v) is 7.17. The van der Waals surface area contributed by atoms with Crippen LogP contribution >= 0.6 is 0 Å². The molecule has 2 N–H and O–H groups in total. The van der Waals surface area contributed by atoms with Gasteiger partial charge in [0.25, 0.3) is 0 Å². The molecule has 18 heavy (non-hydrogen) atoms. The maximum atomic E-state index is 6.13. The second-order valence-electron chi connectivity index (χ2n) is 5.72. The highest BCUT2D eigenvalue weighted by atomic mass is 16.3. The van der Waals surface area contributed by atoms with E-state index in [1.165, 1.54) is 25.7 Å². The van der Waals surface area contributed by atoms with Gasteiger partial charge in [-0.25, -0.2) is 0 Å². The van der Waals surface area contributed by atoms with Crippen LogP contribution in [0.4, 0.5) is 0 Å². The van der Waals surface area contributed by atoms with Crippen molar-refractivity contribution in [2.75, 3.05) is 13.1 Å². The second-order valence-corrected chi connectivity index (χ2v) is 5.72. The molecule has 102 valence electrons. The first-order chi connectivity index (χ1) is 8.70. The number of likely N-dealkylation sites (N-methyl/N-ethyl adjacent to an activating group) is 1. The molecule has 1 aliphatic rings. The van der Waals surface area contributed by atoms with Crippen molar-refractivity contribution in [2.45, 2.75) is 51.6 Å². The molecule has 0 aliphatic heterocycles. The van der Waals surface area contributed by atoms with Crippen molar-refractivity contribution in [1.82, 2.24) is 4.90 Å². The van der Waals surface area contributed by atoms with E-state index in [1.54, 1.807) is 6.26 Å². The van der Waals surface area contributed by atoms with Crippen molar-refractivity contribution in [1.29, 1.82) is 0 Å². The summed E-state index contributed by atoms with van der Waals surface area (Å²) in [5, 5.41) is 0. The quantitative estimate of drug-likeness (QED) is 0.873. The van der Waals surface area contributed by atoms with Crippen LogP contribution in [-0.4, -0.2) is 23.5 Å². The van der Waals surface area contributed by atoms with Crippen molar-refractivity contribution in [3.63, 3.8) is 0 Å². The molecule has 0 radical (unpaired) electrons. The first kappa shape index (κ1) is 13.6. The minimum absolute atomic E-state index is 0.180. The molecule has 0 bridgehead atoms. The summed E-state index contributed by atoms with van der Waals surface area (Å²) in [5.41, 5.74) is 6.31. The number of rotatable bonds is 5. The van der Waals surface area contributed by atoms with Gasteiger partial charge in [-0.2, -0.15) is 0 Å². The minimum atomic E-state index is 0.180. The summed E-state index contributed by atoms with van der Waals surface area (Å²) < 4.78 is 5.49. The lowest BCUT2D eigenvalue weighted by molar-refractivity contribution is 0.0317. The maximum absolute atomic E-state index is 6.13. The molecule has 1 saturated carbocycles. The van der Waals surface area contributed by atoms with Crippen LogP contribution < -0.4 is 5.73 Å². The van der Waals surface area contributed by atoms with Crippen LogP contribution in [-0.2, 0) is 6.54 Å². The Morgan fingerprint density at radius 1 is 1.56 bits per heavy atom. The van der Waals surface area contributed by atoms with Gasteiger partial charge in [-0.1, -0.05) is 26.7 Å². The summed E-state index contributed by atoms with van der Waals surface area (Å²) in [6.07, 6.45) is 6.84. The standard InChI is InChI=1S/C15H26N2O/c1-3-17(11-14-7-5-9-18-14)15(12-16)8-4-6-13(2)10-15/h5,7,9,13H,3-4,6,8,10-12,16H2,1-2H3. The molecule has 1 aliphatic carbocycles. The Kier molecular flexibility index (Phi) is 4.46. The van der Waals surface area contributed by atoms with Gasteiger partial charge in [0, 0.05) is 12.1 Å². The van der Waals surface area contributed by atoms with Crippen molar-refractivity contribution in [2.24, 2.45) is 11.7 Å². The largest absolute Gasteiger partial charge is 0.468 e. The van der Waals surface area contributed by atoms with Crippen molar-refractivity contribution < 1.29 is 4.42 Å². The Morgan fingerprint density at radius 2 is 2.39 bits per heavy atom. The van der Waals surface area contributed by atoms with Crippen LogP contribution in [0.2, 0.25) is 0 Å². The van der Waals surface area contributed by atoms with Gasteiger partial charge in [-0.05, 0) is 37.4 Å². The molecule has 0 amide bonds. The van der Waals surface area contributed by atoms with Gasteiger partial charge in [-0.3, -0.25) is 4.90 Å². The monoisotopic (exact) mass is 250 g/mol. The fraction of sp³-hybridized carbons (Fsp3) is 0.733. The van der Waals surface area contributed by atoms with Crippen LogP contribution in [0.15, 0.2) is 22.8 Å². The van der Waals surface area contributed by atoms with Crippen molar-refractivity contribution in [3.8, 4) is 0 Å². The van der Waals surface area contributed by atoms with Gasteiger partial charge in [0.1, 0.15) is 5.76 Å². The van der Waals surface area contributed by atoms with Crippen LogP contribution in [0, 0.1) is 5.92 Å². The lowest BCUT2D eigenvalue weighted by Crippen LogP contribution is -2.55. The first-order valence-electron chi connectivity index (χ1n) is 7.17. The topological polar surface area (TPSA) is 42.4 Å². The summed E-state index contributed by atoms with van der Waals surface area (Å²) in [6, 6.07) is 4.01. The molecule has 1 aromatic rings. The Hall–Kier alpha value is -0.800. The average molecular weight is 250 g/mol. The third-order valence-corrected chi connectivity index (χ3v) is 4.43. The van der Waals surface area contributed by atoms with E-state index >= 15 is 0 Å². The van der Waals surface area contributed by atoms with Gasteiger partial charge in [0.15, 0.2) is 0 Å². The van der Waals surface area contributed by atoms with Gasteiger partial charge in [0.2, 0.25) is 0 Å². The fourth-order valence-electron chi connectivity index (χ4n) is 3.44. The predicted octanol–water partition coefficient (Wildman–Crippen LogP) is 3.01. The summed E-state index contributed by atoms with van der Waals surface area (Å²) in [5.74, 6) is 1.83. The van der Waals surface area contributed by atoms with E-state index in [4.69, 9.17) is 10.2 Å². The third kappa shape index (κ3) is 2.78. The molecule has 0 saturated heterocycles. The van der Waals surface area contributed by atoms with Crippen LogP contribution in [0.5, 0.6) is 0 Å². The molecular formula is C15H26N2O. The van der Waals surface area contributed by atoms with Crippen molar-refractivity contribution in [3.05, 3.63) is 24.2 Å². The maximum Gasteiger partial charge on any atom is 0.117 e. The summed E-state index contributed by atoms with van der Waals surface area (Å²) in [7, 11) is 0. The average Bonchev–Trinajstić information content (AvgIpc) is 2.88. The highest BCUT2D eigenvalue weighted by molar-refractivity contribution is 5.02. The van der Waals surface area contributed by atoms with Crippen LogP contribution in [0.1, 0.15) is 45.3 Å². The molecule has 1 fully saturated rings. The number of hydrogen-bond donors (Lipinski definition) is 1. The Morgan fingerprint density at radius 3 is 2.94 bits per heavy atom. The van der Waals surface area contributed by atoms with E-state index in [0.717, 1.165) is 31.3 Å². The van der Waals surface area contributed by atoms with Gasteiger partial charge in [0.05, 0.1) is 12.8 Å². The molecule has 1 heterocycles. The number of nitrogens with zero attached hydrogens (tertiary/aromatic N) is 1. The molecule has 1 aromatic heterocycles. The van der Waals surface area contributed by atoms with E-state index in [2.05, 4.69) is 24.8 Å². The van der Waals surface area contributed by atoms with Gasteiger partial charge < -0.3 is 10.2 Å². The Labute approximate surface area is 110 Å². The van der Waals surface area contributed by atoms with E-state index in [1.807, 2.05) is 6.07 Å².